The summed E-state index contributed by atoms with van der Waals surface area (Å²) in [4.78, 5) is 6.67. The van der Waals surface area contributed by atoms with Crippen molar-refractivity contribution in [3.8, 4) is 5.75 Å². The highest BCUT2D eigenvalue weighted by Gasteiger charge is 2.05. The fourth-order valence-corrected chi connectivity index (χ4v) is 2.59. The second-order valence-corrected chi connectivity index (χ2v) is 6.77. The Bertz CT molecular complexity index is 535. The molecule has 150 valence electrons. The number of nitrogens with zero attached hydrogens (tertiary/aromatic N) is 2. The summed E-state index contributed by atoms with van der Waals surface area (Å²) in [5.41, 5.74) is 2.48. The number of aliphatic imine (C=N–C) groups is 1. The van der Waals surface area contributed by atoms with Crippen LogP contribution in [0.25, 0.3) is 0 Å². The Hall–Kier alpha value is -1.02. The highest BCUT2D eigenvalue weighted by atomic mass is 127. The van der Waals surface area contributed by atoms with E-state index in [-0.39, 0.29) is 24.0 Å². The van der Waals surface area contributed by atoms with Gasteiger partial charge in [-0.1, -0.05) is 17.7 Å². The number of aryl methyl sites for hydroxylation is 1. The Balaban J connectivity index is 0.00000625. The molecule has 0 fully saturated rings. The summed E-state index contributed by atoms with van der Waals surface area (Å²) in [5, 5.41) is 6.77. The van der Waals surface area contributed by atoms with Crippen LogP contribution < -0.4 is 15.4 Å². The maximum atomic E-state index is 5.43. The lowest BCUT2D eigenvalue weighted by Gasteiger charge is -2.20. The van der Waals surface area contributed by atoms with Crippen molar-refractivity contribution < 1.29 is 4.74 Å². The fourth-order valence-electron chi connectivity index (χ4n) is 2.59. The third kappa shape index (κ3) is 9.62. The molecule has 26 heavy (non-hydrogen) atoms. The lowest BCUT2D eigenvalue weighted by Crippen LogP contribution is -2.39. The monoisotopic (exact) mass is 476 g/mol. The molecule has 1 aromatic rings. The molecule has 6 heteroatoms. The van der Waals surface area contributed by atoms with Crippen LogP contribution in [-0.2, 0) is 6.42 Å². The molecule has 0 atom stereocenters. The first-order valence-corrected chi connectivity index (χ1v) is 9.26. The van der Waals surface area contributed by atoms with Gasteiger partial charge in [-0.3, -0.25) is 4.99 Å². The normalized spacial score (nSPS) is 11.5. The first kappa shape index (κ1) is 25.0. The molecule has 0 aliphatic rings. The number of hydrogen-bond donors (Lipinski definition) is 2. The van der Waals surface area contributed by atoms with Crippen LogP contribution in [0.15, 0.2) is 23.2 Å². The topological polar surface area (TPSA) is 48.9 Å². The van der Waals surface area contributed by atoms with E-state index in [0.717, 1.165) is 44.2 Å². The van der Waals surface area contributed by atoms with Crippen molar-refractivity contribution in [3.05, 3.63) is 29.3 Å². The van der Waals surface area contributed by atoms with Crippen molar-refractivity contribution in [3.63, 3.8) is 0 Å². The molecule has 0 saturated carbocycles. The maximum Gasteiger partial charge on any atom is 0.190 e. The van der Waals surface area contributed by atoms with E-state index in [2.05, 4.69) is 60.5 Å². The predicted octanol–water partition coefficient (Wildman–Crippen LogP) is 3.45. The van der Waals surface area contributed by atoms with Gasteiger partial charge in [0.05, 0.1) is 7.11 Å². The number of nitrogens with one attached hydrogen (secondary N) is 2. The fraction of sp³-hybridized carbons (Fsp3) is 0.650. The summed E-state index contributed by atoms with van der Waals surface area (Å²) in [6.45, 7) is 9.47. The van der Waals surface area contributed by atoms with Crippen molar-refractivity contribution in [1.82, 2.24) is 15.5 Å². The number of hydrogen-bond acceptors (Lipinski definition) is 3. The molecule has 0 bridgehead atoms. The van der Waals surface area contributed by atoms with Crippen LogP contribution in [0.5, 0.6) is 5.75 Å². The van der Waals surface area contributed by atoms with Crippen LogP contribution in [0.3, 0.4) is 0 Å². The van der Waals surface area contributed by atoms with E-state index in [4.69, 9.17) is 4.74 Å². The Labute approximate surface area is 177 Å². The molecule has 0 heterocycles. The molecule has 0 aliphatic carbocycles. The van der Waals surface area contributed by atoms with Crippen LogP contribution >= 0.6 is 24.0 Å². The summed E-state index contributed by atoms with van der Waals surface area (Å²) in [6, 6.07) is 6.90. The number of halogens is 1. The van der Waals surface area contributed by atoms with Crippen molar-refractivity contribution in [1.29, 1.82) is 0 Å². The Kier molecular flexibility index (Phi) is 13.5. The minimum atomic E-state index is 0. The molecule has 2 N–H and O–H groups in total. The highest BCUT2D eigenvalue weighted by Crippen LogP contribution is 2.19. The Morgan fingerprint density at radius 3 is 2.50 bits per heavy atom. The second kappa shape index (κ2) is 14.1. The lowest BCUT2D eigenvalue weighted by atomic mass is 10.1. The van der Waals surface area contributed by atoms with Gasteiger partial charge in [0.15, 0.2) is 5.96 Å². The van der Waals surface area contributed by atoms with Gasteiger partial charge in [0, 0.05) is 26.2 Å². The van der Waals surface area contributed by atoms with Crippen molar-refractivity contribution in [2.45, 2.75) is 46.1 Å². The van der Waals surface area contributed by atoms with Crippen LogP contribution in [0.1, 0.15) is 37.8 Å². The second-order valence-electron chi connectivity index (χ2n) is 6.77. The van der Waals surface area contributed by atoms with E-state index in [9.17, 15) is 0 Å². The minimum Gasteiger partial charge on any atom is -0.496 e. The number of benzene rings is 1. The molecule has 0 radical (unpaired) electrons. The molecule has 0 unspecified atom stereocenters. The predicted molar refractivity (Wildman–Crippen MR) is 123 cm³/mol. The van der Waals surface area contributed by atoms with Crippen molar-refractivity contribution >= 4 is 29.9 Å². The lowest BCUT2D eigenvalue weighted by molar-refractivity contribution is 0.268. The summed E-state index contributed by atoms with van der Waals surface area (Å²) >= 11 is 0. The summed E-state index contributed by atoms with van der Waals surface area (Å²) in [7, 11) is 5.71. The number of unbranched alkanes of at least 4 members (excludes halogenated alkanes) is 1. The molecule has 1 aromatic carbocycles. The number of rotatable bonds is 10. The van der Waals surface area contributed by atoms with E-state index in [1.807, 2.05) is 13.1 Å². The van der Waals surface area contributed by atoms with E-state index in [0.29, 0.717) is 6.04 Å². The molecule has 0 amide bonds. The third-order valence-electron chi connectivity index (χ3n) is 4.46. The Morgan fingerprint density at radius 2 is 1.88 bits per heavy atom. The molecule has 0 aromatic heterocycles. The zero-order valence-electron chi connectivity index (χ0n) is 17.3. The summed E-state index contributed by atoms with van der Waals surface area (Å²) < 4.78 is 5.43. The standard InChI is InChI=1S/C20H36N4O.HI/c1-16(2)24(5)14-8-7-12-22-20(21-4)23-13-11-18-15-17(3)9-10-19(18)25-6;/h9-10,15-16H,7-8,11-14H2,1-6H3,(H2,21,22,23);1H. The van der Waals surface area contributed by atoms with Gasteiger partial charge in [-0.05, 0) is 65.3 Å². The van der Waals surface area contributed by atoms with Gasteiger partial charge < -0.3 is 20.3 Å². The first-order valence-electron chi connectivity index (χ1n) is 9.26. The van der Waals surface area contributed by atoms with Gasteiger partial charge in [-0.15, -0.1) is 24.0 Å². The van der Waals surface area contributed by atoms with Crippen LogP contribution in [0, 0.1) is 6.92 Å². The molecule has 0 saturated heterocycles. The number of ether oxygens (including phenoxy) is 1. The maximum absolute atomic E-state index is 5.43. The van der Waals surface area contributed by atoms with Gasteiger partial charge in [-0.25, -0.2) is 0 Å². The highest BCUT2D eigenvalue weighted by molar-refractivity contribution is 14.0. The molecule has 0 aliphatic heterocycles. The minimum absolute atomic E-state index is 0. The van der Waals surface area contributed by atoms with E-state index < -0.39 is 0 Å². The van der Waals surface area contributed by atoms with Crippen LogP contribution in [0.4, 0.5) is 0 Å². The van der Waals surface area contributed by atoms with E-state index in [1.54, 1.807) is 7.11 Å². The zero-order valence-corrected chi connectivity index (χ0v) is 19.6. The third-order valence-corrected chi connectivity index (χ3v) is 4.46. The number of guanidine groups is 1. The summed E-state index contributed by atoms with van der Waals surface area (Å²) in [6.07, 6.45) is 3.24. The van der Waals surface area contributed by atoms with Gasteiger partial charge >= 0.3 is 0 Å². The van der Waals surface area contributed by atoms with Crippen LogP contribution in [-0.4, -0.2) is 57.7 Å². The summed E-state index contributed by atoms with van der Waals surface area (Å²) in [5.74, 6) is 1.81. The SMILES string of the molecule is CN=C(NCCCCN(C)C(C)C)NCCc1cc(C)ccc1OC.I. The molecule has 5 nitrogen and oxygen atoms in total. The first-order chi connectivity index (χ1) is 12.0. The smallest absolute Gasteiger partial charge is 0.190 e. The molecular formula is C20H37IN4O. The van der Waals surface area contributed by atoms with Gasteiger partial charge in [0.2, 0.25) is 0 Å². The van der Waals surface area contributed by atoms with Gasteiger partial charge in [0.1, 0.15) is 5.75 Å². The van der Waals surface area contributed by atoms with Gasteiger partial charge in [-0.2, -0.15) is 0 Å². The van der Waals surface area contributed by atoms with Crippen LogP contribution in [0.2, 0.25) is 0 Å². The molecular weight excluding hydrogens is 439 g/mol. The average Bonchev–Trinajstić information content (AvgIpc) is 2.59. The van der Waals surface area contributed by atoms with E-state index in [1.165, 1.54) is 17.5 Å². The zero-order chi connectivity index (χ0) is 18.7. The molecule has 1 rings (SSSR count). The molecule has 0 spiro atoms. The van der Waals surface area contributed by atoms with Crippen molar-refractivity contribution in [2.75, 3.05) is 40.8 Å². The van der Waals surface area contributed by atoms with Gasteiger partial charge in [0.25, 0.3) is 0 Å². The average molecular weight is 476 g/mol. The number of methoxy groups -OCH3 is 1. The van der Waals surface area contributed by atoms with E-state index >= 15 is 0 Å². The quantitative estimate of drug-likeness (QED) is 0.235. The van der Waals surface area contributed by atoms with Crippen molar-refractivity contribution in [2.24, 2.45) is 4.99 Å². The largest absolute Gasteiger partial charge is 0.496 e. The Morgan fingerprint density at radius 1 is 1.19 bits per heavy atom.